The number of anilines is 3. The topological polar surface area (TPSA) is 16.1 Å². The van der Waals surface area contributed by atoms with Gasteiger partial charge in [0.05, 0.1) is 10.2 Å². The number of fused-ring (bicyclic) bond motifs is 5. The third kappa shape index (κ3) is 5.08. The smallest absolute Gasteiger partial charge is 0.124 e. The van der Waals surface area contributed by atoms with Crippen molar-refractivity contribution < 1.29 is 0 Å². The number of rotatable bonds is 6. The Labute approximate surface area is 281 Å². The summed E-state index contributed by atoms with van der Waals surface area (Å²) in [6.45, 7) is 0. The van der Waals surface area contributed by atoms with Crippen LogP contribution in [0, 0.1) is 0 Å². The molecule has 0 radical (unpaired) electrons. The lowest BCUT2D eigenvalue weighted by Gasteiger charge is -2.26. The van der Waals surface area contributed by atoms with Crippen molar-refractivity contribution in [3.63, 3.8) is 0 Å². The van der Waals surface area contributed by atoms with E-state index in [1.54, 1.807) is 11.3 Å². The fourth-order valence-corrected chi connectivity index (χ4v) is 8.68. The second kappa shape index (κ2) is 11.7. The van der Waals surface area contributed by atoms with Crippen molar-refractivity contribution >= 4 is 70.1 Å². The molecule has 0 spiro atoms. The molecule has 7 aromatic carbocycles. The first kappa shape index (κ1) is 27.7. The third-order valence-corrected chi connectivity index (χ3v) is 11.0. The van der Waals surface area contributed by atoms with Crippen molar-refractivity contribution in [1.82, 2.24) is 4.98 Å². The molecule has 2 heterocycles. The first-order valence-corrected chi connectivity index (χ1v) is 17.3. The summed E-state index contributed by atoms with van der Waals surface area (Å²) in [4.78, 5) is 7.33. The maximum Gasteiger partial charge on any atom is 0.124 e. The maximum absolute atomic E-state index is 5.01. The van der Waals surface area contributed by atoms with E-state index < -0.39 is 0 Å². The van der Waals surface area contributed by atoms with Gasteiger partial charge in [-0.05, 0) is 82.9 Å². The minimum absolute atomic E-state index is 1.06. The molecular formula is C43H28N2S2. The highest BCUT2D eigenvalue weighted by Gasteiger charge is 2.16. The molecule has 0 unspecified atom stereocenters. The average Bonchev–Trinajstić information content (AvgIpc) is 3.75. The SMILES string of the molecule is c1ccc(-c2ccc(N(c3ccccc3)c3ccc(-c4ccc5sc6ccc7nc(-c8ccccc8)sc7c6c5c4)cc3)cc2)cc1. The molecule has 0 aliphatic carbocycles. The first-order chi connectivity index (χ1) is 23.3. The van der Waals surface area contributed by atoms with E-state index in [4.69, 9.17) is 4.98 Å². The number of thiazole rings is 1. The Kier molecular flexibility index (Phi) is 6.89. The zero-order valence-electron chi connectivity index (χ0n) is 25.4. The van der Waals surface area contributed by atoms with Crippen molar-refractivity contribution in [2.24, 2.45) is 0 Å². The van der Waals surface area contributed by atoms with Gasteiger partial charge in [0.1, 0.15) is 5.01 Å². The quantitative estimate of drug-likeness (QED) is 0.181. The standard InChI is InChI=1S/C43H28N2S2/c1-4-10-29(11-5-1)30-16-21-35(22-17-30)45(34-14-8-3-9-15-34)36-23-18-31(19-24-36)33-20-26-39-37(28-33)41-40(46-39)27-25-38-42(41)47-43(44-38)32-12-6-2-7-13-32/h1-28H. The molecule has 222 valence electrons. The van der Waals surface area contributed by atoms with Gasteiger partial charge in [-0.15, -0.1) is 22.7 Å². The number of hydrogen-bond donors (Lipinski definition) is 0. The number of benzene rings is 7. The molecule has 0 aliphatic rings. The lowest BCUT2D eigenvalue weighted by Crippen LogP contribution is -2.09. The van der Waals surface area contributed by atoms with Crippen LogP contribution in [-0.4, -0.2) is 4.98 Å². The van der Waals surface area contributed by atoms with Gasteiger partial charge in [-0.1, -0.05) is 109 Å². The zero-order chi connectivity index (χ0) is 31.2. The van der Waals surface area contributed by atoms with Crippen molar-refractivity contribution in [2.75, 3.05) is 4.90 Å². The van der Waals surface area contributed by atoms with Crippen LogP contribution in [0.25, 0.3) is 63.2 Å². The summed E-state index contributed by atoms with van der Waals surface area (Å²) in [5.41, 5.74) is 10.4. The second-order valence-electron chi connectivity index (χ2n) is 11.6. The Morgan fingerprint density at radius 1 is 0.404 bits per heavy atom. The summed E-state index contributed by atoms with van der Waals surface area (Å²) in [6, 6.07) is 60.7. The van der Waals surface area contributed by atoms with Gasteiger partial charge in [0.2, 0.25) is 0 Å². The Morgan fingerprint density at radius 3 is 1.57 bits per heavy atom. The van der Waals surface area contributed by atoms with E-state index in [9.17, 15) is 0 Å². The molecular weight excluding hydrogens is 609 g/mol. The van der Waals surface area contributed by atoms with Gasteiger partial charge in [0.25, 0.3) is 0 Å². The van der Waals surface area contributed by atoms with Crippen molar-refractivity contribution in [3.05, 3.63) is 170 Å². The lowest BCUT2D eigenvalue weighted by atomic mass is 10.0. The maximum atomic E-state index is 5.01. The van der Waals surface area contributed by atoms with Gasteiger partial charge in [0.15, 0.2) is 0 Å². The molecule has 2 aromatic heterocycles. The van der Waals surface area contributed by atoms with Crippen molar-refractivity contribution in [2.45, 2.75) is 0 Å². The highest BCUT2D eigenvalue weighted by molar-refractivity contribution is 7.28. The van der Waals surface area contributed by atoms with E-state index in [1.165, 1.54) is 52.7 Å². The monoisotopic (exact) mass is 636 g/mol. The van der Waals surface area contributed by atoms with Crippen LogP contribution in [-0.2, 0) is 0 Å². The minimum atomic E-state index is 1.06. The predicted octanol–water partition coefficient (Wildman–Crippen LogP) is 13.1. The molecule has 0 bridgehead atoms. The Morgan fingerprint density at radius 2 is 0.915 bits per heavy atom. The van der Waals surface area contributed by atoms with Crippen LogP contribution in [0.1, 0.15) is 0 Å². The molecule has 0 amide bonds. The fraction of sp³-hybridized carbons (Fsp3) is 0. The molecule has 0 aliphatic heterocycles. The molecule has 9 rings (SSSR count). The van der Waals surface area contributed by atoms with Crippen LogP contribution >= 0.6 is 22.7 Å². The summed E-state index contributed by atoms with van der Waals surface area (Å²) in [6.07, 6.45) is 0. The molecule has 0 atom stereocenters. The molecule has 0 N–H and O–H groups in total. The van der Waals surface area contributed by atoms with Gasteiger partial charge >= 0.3 is 0 Å². The van der Waals surface area contributed by atoms with Crippen LogP contribution in [0.2, 0.25) is 0 Å². The Balaban J connectivity index is 1.09. The number of aromatic nitrogens is 1. The molecule has 9 aromatic rings. The highest BCUT2D eigenvalue weighted by atomic mass is 32.1. The zero-order valence-corrected chi connectivity index (χ0v) is 27.0. The molecule has 0 saturated heterocycles. The van der Waals surface area contributed by atoms with Crippen LogP contribution in [0.15, 0.2) is 170 Å². The number of para-hydroxylation sites is 1. The normalized spacial score (nSPS) is 11.4. The summed E-state index contributed by atoms with van der Waals surface area (Å²) in [5.74, 6) is 0. The van der Waals surface area contributed by atoms with Crippen LogP contribution in [0.5, 0.6) is 0 Å². The molecule has 0 fully saturated rings. The number of thiophene rings is 1. The van der Waals surface area contributed by atoms with E-state index in [1.807, 2.05) is 11.3 Å². The summed E-state index contributed by atoms with van der Waals surface area (Å²) in [5, 5.41) is 3.68. The Hall–Kier alpha value is -5.55. The summed E-state index contributed by atoms with van der Waals surface area (Å²) in [7, 11) is 0. The van der Waals surface area contributed by atoms with Gasteiger partial charge in [0, 0.05) is 42.8 Å². The molecule has 0 saturated carbocycles. The average molecular weight is 637 g/mol. The molecule has 47 heavy (non-hydrogen) atoms. The fourth-order valence-electron chi connectivity index (χ4n) is 6.39. The second-order valence-corrected chi connectivity index (χ2v) is 13.7. The van der Waals surface area contributed by atoms with Crippen LogP contribution < -0.4 is 4.90 Å². The Bertz CT molecular complexity index is 2480. The van der Waals surface area contributed by atoms with Gasteiger partial charge < -0.3 is 4.90 Å². The lowest BCUT2D eigenvalue weighted by molar-refractivity contribution is 1.28. The van der Waals surface area contributed by atoms with Crippen LogP contribution in [0.3, 0.4) is 0 Å². The molecule has 4 heteroatoms. The number of hydrogen-bond acceptors (Lipinski definition) is 4. The van der Waals surface area contributed by atoms with Gasteiger partial charge in [-0.2, -0.15) is 0 Å². The van der Waals surface area contributed by atoms with E-state index in [0.29, 0.717) is 0 Å². The van der Waals surface area contributed by atoms with Gasteiger partial charge in [-0.25, -0.2) is 4.98 Å². The minimum Gasteiger partial charge on any atom is -0.311 e. The number of nitrogens with zero attached hydrogens (tertiary/aromatic N) is 2. The van der Waals surface area contributed by atoms with Gasteiger partial charge in [-0.3, -0.25) is 0 Å². The highest BCUT2D eigenvalue weighted by Crippen LogP contribution is 2.44. The largest absolute Gasteiger partial charge is 0.311 e. The van der Waals surface area contributed by atoms with Crippen molar-refractivity contribution in [1.29, 1.82) is 0 Å². The van der Waals surface area contributed by atoms with E-state index in [0.717, 1.165) is 27.6 Å². The van der Waals surface area contributed by atoms with E-state index >= 15 is 0 Å². The first-order valence-electron chi connectivity index (χ1n) is 15.7. The van der Waals surface area contributed by atoms with E-state index in [2.05, 4.69) is 175 Å². The molecule has 2 nitrogen and oxygen atoms in total. The van der Waals surface area contributed by atoms with Crippen LogP contribution in [0.4, 0.5) is 17.1 Å². The van der Waals surface area contributed by atoms with E-state index in [-0.39, 0.29) is 0 Å². The summed E-state index contributed by atoms with van der Waals surface area (Å²) < 4.78 is 3.87. The third-order valence-electron chi connectivity index (χ3n) is 8.71. The summed E-state index contributed by atoms with van der Waals surface area (Å²) >= 11 is 3.65. The van der Waals surface area contributed by atoms with Crippen molar-refractivity contribution in [3.8, 4) is 32.8 Å². The predicted molar refractivity (Wildman–Crippen MR) is 203 cm³/mol.